The van der Waals surface area contributed by atoms with Gasteiger partial charge in [0.25, 0.3) is 0 Å². The van der Waals surface area contributed by atoms with Gasteiger partial charge in [-0.15, -0.1) is 0 Å². The Morgan fingerprint density at radius 2 is 2.10 bits per heavy atom. The summed E-state index contributed by atoms with van der Waals surface area (Å²) in [6.07, 6.45) is -2.52. The van der Waals surface area contributed by atoms with Crippen LogP contribution in [0.4, 0.5) is 5.82 Å². The summed E-state index contributed by atoms with van der Waals surface area (Å²) in [6.45, 7) is -0.397. The summed E-state index contributed by atoms with van der Waals surface area (Å²) in [5, 5.41) is 28.9. The first-order valence-corrected chi connectivity index (χ1v) is 6.32. The van der Waals surface area contributed by atoms with Crippen molar-refractivity contribution in [3.05, 3.63) is 17.5 Å². The second-order valence-corrected chi connectivity index (χ2v) is 4.90. The van der Waals surface area contributed by atoms with E-state index in [0.29, 0.717) is 11.0 Å². The number of rotatable bonds is 2. The fourth-order valence-electron chi connectivity index (χ4n) is 2.39. The molecule has 1 aliphatic heterocycles. The van der Waals surface area contributed by atoms with E-state index in [1.165, 1.54) is 4.57 Å². The molecular weight excluding hydrogens is 288 g/mol. The van der Waals surface area contributed by atoms with Crippen LogP contribution in [0, 0.1) is 0 Å². The van der Waals surface area contributed by atoms with Gasteiger partial charge in [-0.05, 0) is 17.7 Å². The number of nitrogens with zero attached hydrogens (tertiary/aromatic N) is 3. The van der Waals surface area contributed by atoms with Gasteiger partial charge in [0.2, 0.25) is 5.28 Å². The van der Waals surface area contributed by atoms with Crippen molar-refractivity contribution in [2.75, 3.05) is 12.3 Å². The highest BCUT2D eigenvalue weighted by Crippen LogP contribution is 2.33. The molecule has 20 heavy (non-hydrogen) atoms. The van der Waals surface area contributed by atoms with E-state index in [2.05, 4.69) is 9.97 Å². The lowest BCUT2D eigenvalue weighted by molar-refractivity contribution is -0.0506. The summed E-state index contributed by atoms with van der Waals surface area (Å²) in [5.41, 5.74) is 6.76. The van der Waals surface area contributed by atoms with Crippen molar-refractivity contribution in [3.63, 3.8) is 0 Å². The van der Waals surface area contributed by atoms with Crippen LogP contribution in [0.3, 0.4) is 0 Å². The van der Waals surface area contributed by atoms with E-state index in [1.54, 1.807) is 12.3 Å². The molecule has 0 radical (unpaired) electrons. The van der Waals surface area contributed by atoms with Crippen LogP contribution in [0.25, 0.3) is 11.0 Å². The first-order valence-electron chi connectivity index (χ1n) is 5.95. The van der Waals surface area contributed by atoms with Gasteiger partial charge in [0.1, 0.15) is 23.8 Å². The van der Waals surface area contributed by atoms with Crippen LogP contribution in [-0.2, 0) is 4.74 Å². The predicted molar refractivity (Wildman–Crippen MR) is 70.0 cm³/mol. The molecule has 0 bridgehead atoms. The van der Waals surface area contributed by atoms with Crippen molar-refractivity contribution in [2.45, 2.75) is 24.5 Å². The van der Waals surface area contributed by atoms with E-state index < -0.39 is 31.1 Å². The molecule has 1 aliphatic rings. The molecule has 0 aromatic carbocycles. The lowest BCUT2D eigenvalue weighted by Gasteiger charge is -2.18. The Kier molecular flexibility index (Phi) is 3.27. The minimum atomic E-state index is -1.20. The maximum absolute atomic E-state index is 10.0. The van der Waals surface area contributed by atoms with Gasteiger partial charge in [0, 0.05) is 6.20 Å². The lowest BCUT2D eigenvalue weighted by Crippen LogP contribution is -2.33. The number of ether oxygens (including phenoxy) is 1. The van der Waals surface area contributed by atoms with E-state index in [-0.39, 0.29) is 11.1 Å². The number of aromatic nitrogens is 3. The van der Waals surface area contributed by atoms with Crippen molar-refractivity contribution in [1.82, 2.24) is 14.5 Å². The van der Waals surface area contributed by atoms with Crippen LogP contribution in [0.5, 0.6) is 0 Å². The number of aliphatic hydroxyl groups excluding tert-OH is 3. The van der Waals surface area contributed by atoms with Crippen LogP contribution in [0.2, 0.25) is 5.28 Å². The van der Waals surface area contributed by atoms with Gasteiger partial charge in [0.05, 0.1) is 12.1 Å². The number of anilines is 1. The predicted octanol–water partition coefficient (Wildman–Crippen LogP) is -0.722. The number of nitrogen functional groups attached to an aromatic ring is 1. The van der Waals surface area contributed by atoms with Crippen molar-refractivity contribution < 1.29 is 20.1 Å². The second kappa shape index (κ2) is 4.83. The van der Waals surface area contributed by atoms with Gasteiger partial charge in [-0.2, -0.15) is 4.98 Å². The summed E-state index contributed by atoms with van der Waals surface area (Å²) in [7, 11) is 0. The maximum atomic E-state index is 10.0. The van der Waals surface area contributed by atoms with E-state index in [0.717, 1.165) is 0 Å². The topological polar surface area (TPSA) is 127 Å². The lowest BCUT2D eigenvalue weighted by atomic mass is 10.1. The maximum Gasteiger partial charge on any atom is 0.225 e. The van der Waals surface area contributed by atoms with Gasteiger partial charge in [-0.1, -0.05) is 0 Å². The standard InChI is InChI=1S/C11H13ClN4O4/c12-11-14-4-1-2-16(6(4)9(13)15-11)10-8(19)7(18)5(3-17)20-10/h1-2,5,7-8,10,17-19H,3H2,(H2,13,14,15)/t5-,7-,8-,10-/m1/s1. The molecule has 0 aliphatic carbocycles. The summed E-state index contributed by atoms with van der Waals surface area (Å²) >= 11 is 5.73. The molecule has 3 heterocycles. The molecule has 0 spiro atoms. The monoisotopic (exact) mass is 300 g/mol. The highest BCUT2D eigenvalue weighted by atomic mass is 35.5. The highest BCUT2D eigenvalue weighted by Gasteiger charge is 2.43. The Bertz CT molecular complexity index is 649. The zero-order chi connectivity index (χ0) is 14.4. The number of hydrogen-bond donors (Lipinski definition) is 4. The average Bonchev–Trinajstić information content (AvgIpc) is 2.93. The molecule has 0 amide bonds. The van der Waals surface area contributed by atoms with E-state index in [9.17, 15) is 10.2 Å². The van der Waals surface area contributed by atoms with Crippen LogP contribution in [0.15, 0.2) is 12.3 Å². The van der Waals surface area contributed by atoms with E-state index in [4.69, 9.17) is 27.2 Å². The Balaban J connectivity index is 2.07. The molecular formula is C11H13ClN4O4. The van der Waals surface area contributed by atoms with E-state index >= 15 is 0 Å². The molecule has 0 saturated carbocycles. The number of fused-ring (bicyclic) bond motifs is 1. The molecule has 4 atom stereocenters. The van der Waals surface area contributed by atoms with Crippen molar-refractivity contribution in [2.24, 2.45) is 0 Å². The molecule has 9 heteroatoms. The molecule has 0 unspecified atom stereocenters. The van der Waals surface area contributed by atoms with Crippen LogP contribution >= 0.6 is 11.6 Å². The van der Waals surface area contributed by atoms with Gasteiger partial charge in [0.15, 0.2) is 12.0 Å². The molecule has 1 saturated heterocycles. The summed E-state index contributed by atoms with van der Waals surface area (Å²) in [4.78, 5) is 7.87. The Morgan fingerprint density at radius 3 is 2.75 bits per heavy atom. The molecule has 2 aromatic rings. The number of aliphatic hydroxyl groups is 3. The van der Waals surface area contributed by atoms with E-state index in [1.807, 2.05) is 0 Å². The summed E-state index contributed by atoms with van der Waals surface area (Å²) in [6, 6.07) is 1.65. The fourth-order valence-corrected chi connectivity index (χ4v) is 2.57. The van der Waals surface area contributed by atoms with Crippen molar-refractivity contribution >= 4 is 28.5 Å². The third-order valence-electron chi connectivity index (χ3n) is 3.35. The largest absolute Gasteiger partial charge is 0.394 e. The van der Waals surface area contributed by atoms with Crippen molar-refractivity contribution in [1.29, 1.82) is 0 Å². The SMILES string of the molecule is Nc1nc(Cl)nc2ccn([C@@H]3O[C@H](CO)[C@@H](O)[C@H]3O)c12. The van der Waals surface area contributed by atoms with Gasteiger partial charge in [-0.3, -0.25) is 0 Å². The zero-order valence-corrected chi connectivity index (χ0v) is 11.0. The fraction of sp³-hybridized carbons (Fsp3) is 0.455. The number of halogens is 1. The van der Waals surface area contributed by atoms with Crippen LogP contribution < -0.4 is 5.73 Å². The Morgan fingerprint density at radius 1 is 1.35 bits per heavy atom. The van der Waals surface area contributed by atoms with Crippen LogP contribution in [0.1, 0.15) is 6.23 Å². The molecule has 5 N–H and O–H groups in total. The Labute approximate surface area is 118 Å². The first-order chi connectivity index (χ1) is 9.52. The van der Waals surface area contributed by atoms with Gasteiger partial charge >= 0.3 is 0 Å². The molecule has 2 aromatic heterocycles. The van der Waals surface area contributed by atoms with Gasteiger partial charge < -0.3 is 30.4 Å². The van der Waals surface area contributed by atoms with Crippen molar-refractivity contribution in [3.8, 4) is 0 Å². The molecule has 108 valence electrons. The number of hydrogen-bond acceptors (Lipinski definition) is 7. The molecule has 1 fully saturated rings. The second-order valence-electron chi connectivity index (χ2n) is 4.56. The zero-order valence-electron chi connectivity index (χ0n) is 10.2. The third-order valence-corrected chi connectivity index (χ3v) is 3.52. The quantitative estimate of drug-likeness (QED) is 0.539. The average molecular weight is 301 g/mol. The highest BCUT2D eigenvalue weighted by molar-refractivity contribution is 6.28. The first kappa shape index (κ1) is 13.5. The minimum Gasteiger partial charge on any atom is -0.394 e. The smallest absolute Gasteiger partial charge is 0.225 e. The minimum absolute atomic E-state index is 0.0221. The molecule has 3 rings (SSSR count). The molecule has 8 nitrogen and oxygen atoms in total. The van der Waals surface area contributed by atoms with Crippen LogP contribution in [-0.4, -0.2) is 54.8 Å². The third kappa shape index (κ3) is 1.93. The number of nitrogens with two attached hydrogens (primary N) is 1. The summed E-state index contributed by atoms with van der Waals surface area (Å²) < 4.78 is 6.96. The summed E-state index contributed by atoms with van der Waals surface area (Å²) in [5.74, 6) is 0.141. The van der Waals surface area contributed by atoms with Gasteiger partial charge in [-0.25, -0.2) is 4.98 Å². The normalized spacial score (nSPS) is 30.2. The Hall–Kier alpha value is -1.45.